The Labute approximate surface area is 63.8 Å². The van der Waals surface area contributed by atoms with Crippen LogP contribution >= 0.6 is 0 Å². The molecule has 0 aliphatic heterocycles. The van der Waals surface area contributed by atoms with Crippen molar-refractivity contribution in [2.45, 2.75) is 13.0 Å². The number of hydrogen-bond donors (Lipinski definition) is 0. The highest BCUT2D eigenvalue weighted by Gasteiger charge is 1.88. The molecule has 0 atom stereocenters. The second-order valence-electron chi connectivity index (χ2n) is 1.83. The molecule has 60 valence electrons. The van der Waals surface area contributed by atoms with Crippen molar-refractivity contribution >= 4 is 6.21 Å². The highest BCUT2D eigenvalue weighted by atomic mass is 16.6. The van der Waals surface area contributed by atoms with E-state index in [1.165, 1.54) is 7.11 Å². The van der Waals surface area contributed by atoms with Crippen molar-refractivity contribution in [3.63, 3.8) is 0 Å². The number of aromatic nitrogens is 4. The summed E-state index contributed by atoms with van der Waals surface area (Å²) in [5.74, 6) is 0. The molecule has 0 radical (unpaired) electrons. The molecule has 1 heterocycles. The molecular weight excluding hydrogens is 146 g/mol. The Balaban J connectivity index is 2.19. The lowest BCUT2D eigenvalue weighted by molar-refractivity contribution is 0.214. The topological polar surface area (TPSA) is 65.2 Å². The van der Waals surface area contributed by atoms with Crippen molar-refractivity contribution in [3.8, 4) is 0 Å². The van der Waals surface area contributed by atoms with Crippen LogP contribution in [0.25, 0.3) is 0 Å². The van der Waals surface area contributed by atoms with Crippen molar-refractivity contribution in [3.05, 3.63) is 6.33 Å². The van der Waals surface area contributed by atoms with Crippen molar-refractivity contribution in [2.24, 2.45) is 5.16 Å². The van der Waals surface area contributed by atoms with Gasteiger partial charge in [0, 0.05) is 19.2 Å². The quantitative estimate of drug-likeness (QED) is 0.442. The molecule has 0 aliphatic rings. The average Bonchev–Trinajstić information content (AvgIpc) is 2.50. The molecule has 6 nitrogen and oxygen atoms in total. The van der Waals surface area contributed by atoms with E-state index in [0.29, 0.717) is 0 Å². The van der Waals surface area contributed by atoms with E-state index in [-0.39, 0.29) is 0 Å². The summed E-state index contributed by atoms with van der Waals surface area (Å²) in [6, 6.07) is 0. The second-order valence-corrected chi connectivity index (χ2v) is 1.83. The summed E-state index contributed by atoms with van der Waals surface area (Å²) in [5, 5.41) is 14.2. The molecule has 0 saturated heterocycles. The van der Waals surface area contributed by atoms with Gasteiger partial charge in [-0.05, 0) is 10.4 Å². The molecule has 0 fully saturated rings. The Hall–Kier alpha value is -1.46. The minimum Gasteiger partial charge on any atom is -0.399 e. The normalized spacial score (nSPS) is 10.6. The van der Waals surface area contributed by atoms with Crippen LogP contribution in [-0.2, 0) is 11.4 Å². The fourth-order valence-electron chi connectivity index (χ4n) is 0.600. The van der Waals surface area contributed by atoms with Gasteiger partial charge in [0.05, 0.1) is 0 Å². The van der Waals surface area contributed by atoms with E-state index in [9.17, 15) is 0 Å². The van der Waals surface area contributed by atoms with E-state index in [1.54, 1.807) is 17.2 Å². The van der Waals surface area contributed by atoms with Crippen LogP contribution in [0.5, 0.6) is 0 Å². The van der Waals surface area contributed by atoms with Crippen LogP contribution in [0.2, 0.25) is 0 Å². The minimum atomic E-state index is 0.722. The Morgan fingerprint density at radius 2 is 2.64 bits per heavy atom. The molecule has 1 rings (SSSR count). The van der Waals surface area contributed by atoms with Gasteiger partial charge in [0.1, 0.15) is 13.4 Å². The third-order valence-electron chi connectivity index (χ3n) is 1.06. The fraction of sp³-hybridized carbons (Fsp3) is 0.600. The molecular formula is C5H9N5O. The first-order valence-corrected chi connectivity index (χ1v) is 3.19. The predicted octanol–water partition coefficient (Wildman–Crippen LogP) is -0.305. The maximum Gasteiger partial charge on any atom is 0.138 e. The predicted molar refractivity (Wildman–Crippen MR) is 37.9 cm³/mol. The molecule has 0 aliphatic carbocycles. The minimum absolute atomic E-state index is 0.722. The zero-order valence-electron chi connectivity index (χ0n) is 6.21. The highest BCUT2D eigenvalue weighted by molar-refractivity contribution is 5.55. The van der Waals surface area contributed by atoms with Gasteiger partial charge in [-0.3, -0.25) is 0 Å². The van der Waals surface area contributed by atoms with Gasteiger partial charge in [0.2, 0.25) is 0 Å². The summed E-state index contributed by atoms with van der Waals surface area (Å²) >= 11 is 0. The van der Waals surface area contributed by atoms with E-state index >= 15 is 0 Å². The van der Waals surface area contributed by atoms with Crippen molar-refractivity contribution in [2.75, 3.05) is 7.11 Å². The molecule has 6 heteroatoms. The molecule has 0 saturated carbocycles. The standard InChI is InChI=1S/C5H9N5O/c1-11-7-3-2-4-10-5-6-8-9-10/h3,5H,2,4H2,1H3/b7-3+. The summed E-state index contributed by atoms with van der Waals surface area (Å²) in [6.45, 7) is 0.722. The van der Waals surface area contributed by atoms with Crippen molar-refractivity contribution in [1.29, 1.82) is 0 Å². The number of rotatable bonds is 4. The molecule has 0 aromatic carbocycles. The largest absolute Gasteiger partial charge is 0.399 e. The number of aryl methyl sites for hydroxylation is 1. The summed E-state index contributed by atoms with van der Waals surface area (Å²) in [7, 11) is 1.51. The average molecular weight is 155 g/mol. The van der Waals surface area contributed by atoms with E-state index < -0.39 is 0 Å². The van der Waals surface area contributed by atoms with Gasteiger partial charge >= 0.3 is 0 Å². The van der Waals surface area contributed by atoms with Gasteiger partial charge in [-0.1, -0.05) is 5.16 Å². The molecule has 0 N–H and O–H groups in total. The molecule has 11 heavy (non-hydrogen) atoms. The summed E-state index contributed by atoms with van der Waals surface area (Å²) in [5.41, 5.74) is 0. The Morgan fingerprint density at radius 1 is 1.73 bits per heavy atom. The van der Waals surface area contributed by atoms with Gasteiger partial charge in [0.15, 0.2) is 0 Å². The number of tetrazole rings is 1. The van der Waals surface area contributed by atoms with Crippen LogP contribution in [0.1, 0.15) is 6.42 Å². The fourth-order valence-corrected chi connectivity index (χ4v) is 0.600. The number of oxime groups is 1. The molecule has 0 amide bonds. The molecule has 1 aromatic heterocycles. The summed E-state index contributed by atoms with van der Waals surface area (Å²) in [4.78, 5) is 4.47. The SMILES string of the molecule is CO/N=C/CCn1cnnn1. The van der Waals surface area contributed by atoms with E-state index in [0.717, 1.165) is 13.0 Å². The van der Waals surface area contributed by atoms with Crippen LogP contribution in [0.4, 0.5) is 0 Å². The van der Waals surface area contributed by atoms with Crippen LogP contribution in [0.3, 0.4) is 0 Å². The zero-order valence-corrected chi connectivity index (χ0v) is 6.21. The second kappa shape index (κ2) is 4.37. The van der Waals surface area contributed by atoms with Crippen LogP contribution < -0.4 is 0 Å². The molecule has 1 aromatic rings. The van der Waals surface area contributed by atoms with Crippen molar-refractivity contribution in [1.82, 2.24) is 20.2 Å². The van der Waals surface area contributed by atoms with Crippen LogP contribution in [-0.4, -0.2) is 33.5 Å². The maximum atomic E-state index is 4.47. The smallest absolute Gasteiger partial charge is 0.138 e. The first kappa shape index (κ1) is 7.64. The molecule has 0 bridgehead atoms. The van der Waals surface area contributed by atoms with E-state index in [2.05, 4.69) is 25.5 Å². The Morgan fingerprint density at radius 3 is 3.27 bits per heavy atom. The van der Waals surface area contributed by atoms with Crippen LogP contribution in [0, 0.1) is 0 Å². The maximum absolute atomic E-state index is 4.47. The van der Waals surface area contributed by atoms with Gasteiger partial charge < -0.3 is 4.84 Å². The summed E-state index contributed by atoms with van der Waals surface area (Å²) < 4.78 is 1.63. The van der Waals surface area contributed by atoms with E-state index in [1.807, 2.05) is 0 Å². The Bertz CT molecular complexity index is 207. The van der Waals surface area contributed by atoms with Gasteiger partial charge in [-0.25, -0.2) is 4.68 Å². The Kier molecular flexibility index (Phi) is 3.04. The number of hydrogen-bond acceptors (Lipinski definition) is 5. The third kappa shape index (κ3) is 2.74. The number of nitrogens with zero attached hydrogens (tertiary/aromatic N) is 5. The van der Waals surface area contributed by atoms with Crippen molar-refractivity contribution < 1.29 is 4.84 Å². The zero-order chi connectivity index (χ0) is 7.94. The molecule has 0 unspecified atom stereocenters. The monoisotopic (exact) mass is 155 g/mol. The highest BCUT2D eigenvalue weighted by Crippen LogP contribution is 1.82. The summed E-state index contributed by atoms with van der Waals surface area (Å²) in [6.07, 6.45) is 3.99. The van der Waals surface area contributed by atoms with Gasteiger partial charge in [-0.2, -0.15) is 0 Å². The van der Waals surface area contributed by atoms with Crippen LogP contribution in [0.15, 0.2) is 11.5 Å². The first-order valence-electron chi connectivity index (χ1n) is 3.19. The van der Waals surface area contributed by atoms with Gasteiger partial charge in [0.25, 0.3) is 0 Å². The lowest BCUT2D eigenvalue weighted by Crippen LogP contribution is -1.99. The lowest BCUT2D eigenvalue weighted by atomic mass is 10.5. The van der Waals surface area contributed by atoms with E-state index in [4.69, 9.17) is 0 Å². The lowest BCUT2D eigenvalue weighted by Gasteiger charge is -1.91. The first-order chi connectivity index (χ1) is 5.43. The van der Waals surface area contributed by atoms with Gasteiger partial charge in [-0.15, -0.1) is 5.10 Å². The third-order valence-corrected chi connectivity index (χ3v) is 1.06. The molecule has 0 spiro atoms.